The van der Waals surface area contributed by atoms with Gasteiger partial charge >= 0.3 is 10.4 Å². The number of carbonyl (C=O) groups excluding carboxylic acids is 3. The summed E-state index contributed by atoms with van der Waals surface area (Å²) in [5.74, 6) is -0.0428. The number of aliphatic hydroxyl groups excluding tert-OH is 4. The van der Waals surface area contributed by atoms with Crippen molar-refractivity contribution in [2.45, 2.75) is 115 Å². The number of Topliss-reactive ketones (excluding diaryl/α,β-unsaturated/α-hetero) is 1. The van der Waals surface area contributed by atoms with E-state index in [-0.39, 0.29) is 66.4 Å². The summed E-state index contributed by atoms with van der Waals surface area (Å²) in [6, 6.07) is 38.8. The van der Waals surface area contributed by atoms with Gasteiger partial charge in [-0.2, -0.15) is 0 Å². The Hall–Kier alpha value is -9.20. The van der Waals surface area contributed by atoms with Gasteiger partial charge < -0.3 is 71.5 Å². The van der Waals surface area contributed by atoms with Crippen molar-refractivity contribution in [3.63, 3.8) is 0 Å². The van der Waals surface area contributed by atoms with Crippen LogP contribution in [0.4, 0.5) is 11.4 Å². The summed E-state index contributed by atoms with van der Waals surface area (Å²) in [5, 5.41) is 41.1. The van der Waals surface area contributed by atoms with E-state index in [9.17, 15) is 43.2 Å². The number of aliphatic imine (C=N–C) groups is 2. The molecule has 0 aliphatic carbocycles. The SMILES string of the molecule is CCCC(=O)c1ccc(OC2O[C@H](CO)[C@H](O)[C@H](O)[C@H]2O)c(OS(=O)(=O)Oc2ccc(C[N+](C)(C)Cc3cc(COc4cc5c(cc4OC)C(=O)N4Cc6ccccc6CC4C=N5)cc(COc4cc5c(cc4OC)C(=O)N4Cc6ccccc6CC4C=N5)c3)cc2)c1. The fourth-order valence-electron chi connectivity index (χ4n) is 12.5. The van der Waals surface area contributed by atoms with Gasteiger partial charge in [-0.3, -0.25) is 24.4 Å². The Morgan fingerprint density at radius 3 is 1.66 bits per heavy atom. The first-order valence-corrected chi connectivity index (χ1v) is 31.9. The molecule has 5 heterocycles. The molecule has 2 amide bonds. The number of ether oxygens (including phenoxy) is 6. The Kier molecular flexibility index (Phi) is 18.4. The minimum atomic E-state index is -4.95. The van der Waals surface area contributed by atoms with Crippen molar-refractivity contribution < 1.29 is 84.5 Å². The maximum atomic E-state index is 14.2. The third-order valence-corrected chi connectivity index (χ3v) is 17.9. The van der Waals surface area contributed by atoms with E-state index in [1.807, 2.05) is 90.9 Å². The molecule has 1 saturated heterocycles. The topological polar surface area (TPSA) is 271 Å². The van der Waals surface area contributed by atoms with Gasteiger partial charge in [-0.1, -0.05) is 55.5 Å². The number of hydrogen-bond acceptors (Lipinski definition) is 19. The standard InChI is InChI=1S/C70H72N5O17S/c1-6-11-57(77)47-18-21-58(89-70-67(80)66(79)65(78)64(38-76)90-70)63(27-47)92-93(83,84)91-52-19-16-41(17-20-52)36-75(2,3)37-42-22-43(39-87-61-30-55-53(28-59(61)85-4)68(81)73-34-48-14-9-7-12-45(48)25-50(73)32-71-55)24-44(23-42)40-88-62-31-56-54(29-60(62)86-5)69(82)74-35-49-15-10-8-13-46(49)26-51(74)33-72-56/h7-10,12-24,27-33,50-51,64-67,70,76,78-80H,6,11,25-26,34-40H2,1-5H3/q+1/t50?,51?,64-,65+,66+,67-,70?/m1/s1. The van der Waals surface area contributed by atoms with Crippen LogP contribution in [0.25, 0.3) is 0 Å². The molecule has 3 unspecified atom stereocenters. The van der Waals surface area contributed by atoms with E-state index >= 15 is 0 Å². The third kappa shape index (κ3) is 14.0. The number of amides is 2. The van der Waals surface area contributed by atoms with Crippen molar-refractivity contribution in [1.82, 2.24) is 9.80 Å². The molecule has 0 saturated carbocycles. The van der Waals surface area contributed by atoms with E-state index in [4.69, 9.17) is 46.8 Å². The highest BCUT2D eigenvalue weighted by Gasteiger charge is 2.45. The molecule has 23 heteroatoms. The number of hydrogen-bond donors (Lipinski definition) is 4. The van der Waals surface area contributed by atoms with E-state index < -0.39 is 53.5 Å². The number of quaternary nitrogens is 1. The smallest absolute Gasteiger partial charge is 0.493 e. The molecule has 0 radical (unpaired) electrons. The Labute approximate surface area is 538 Å². The first-order valence-electron chi connectivity index (χ1n) is 30.6. The first-order chi connectivity index (χ1) is 44.8. The lowest BCUT2D eigenvalue weighted by Crippen LogP contribution is -2.60. The Balaban J connectivity index is 0.779. The van der Waals surface area contributed by atoms with E-state index in [1.54, 1.807) is 43.3 Å². The van der Waals surface area contributed by atoms with E-state index in [2.05, 4.69) is 12.1 Å². The average Bonchev–Trinajstić information content (AvgIpc) is 1.46. The molecule has 93 heavy (non-hydrogen) atoms. The van der Waals surface area contributed by atoms with Crippen LogP contribution in [0.2, 0.25) is 0 Å². The zero-order valence-electron chi connectivity index (χ0n) is 51.9. The van der Waals surface area contributed by atoms with Crippen LogP contribution < -0.4 is 32.1 Å². The maximum Gasteiger partial charge on any atom is 0.501 e. The molecule has 5 aliphatic heterocycles. The number of methoxy groups -OCH3 is 2. The van der Waals surface area contributed by atoms with Crippen molar-refractivity contribution >= 4 is 51.8 Å². The molecular weight excluding hydrogens is 1210 g/mol. The fourth-order valence-corrected chi connectivity index (χ4v) is 13.2. The van der Waals surface area contributed by atoms with Crippen LogP contribution in [0.5, 0.6) is 40.2 Å². The van der Waals surface area contributed by atoms with Gasteiger partial charge in [-0.05, 0) is 125 Å². The summed E-state index contributed by atoms with van der Waals surface area (Å²) in [5.41, 5.74) is 9.70. The van der Waals surface area contributed by atoms with Crippen LogP contribution >= 0.6 is 0 Å². The zero-order chi connectivity index (χ0) is 65.3. The van der Waals surface area contributed by atoms with Gasteiger partial charge in [-0.15, -0.1) is 8.42 Å². The highest BCUT2D eigenvalue weighted by Crippen LogP contribution is 2.42. The van der Waals surface area contributed by atoms with Crippen LogP contribution in [0.3, 0.4) is 0 Å². The number of aliphatic hydroxyl groups is 4. The second-order valence-electron chi connectivity index (χ2n) is 24.4. The number of ketones is 1. The van der Waals surface area contributed by atoms with Crippen molar-refractivity contribution in [2.24, 2.45) is 9.98 Å². The zero-order valence-corrected chi connectivity index (χ0v) is 52.7. The van der Waals surface area contributed by atoms with Gasteiger partial charge in [0.15, 0.2) is 40.3 Å². The third-order valence-electron chi connectivity index (χ3n) is 17.2. The number of nitrogens with zero attached hydrogens (tertiary/aromatic N) is 5. The Bertz CT molecular complexity index is 4010. The average molecular weight is 1290 g/mol. The summed E-state index contributed by atoms with van der Waals surface area (Å²) in [7, 11) is 2.20. The van der Waals surface area contributed by atoms with Crippen LogP contribution in [0.15, 0.2) is 143 Å². The summed E-state index contributed by atoms with van der Waals surface area (Å²) in [6.45, 7) is 3.08. The van der Waals surface area contributed by atoms with Crippen molar-refractivity contribution in [3.8, 4) is 40.2 Å². The summed E-state index contributed by atoms with van der Waals surface area (Å²) in [4.78, 5) is 54.8. The molecule has 1 fully saturated rings. The van der Waals surface area contributed by atoms with Crippen LogP contribution in [0, 0.1) is 0 Å². The molecule has 7 aromatic rings. The monoisotopic (exact) mass is 1290 g/mol. The van der Waals surface area contributed by atoms with Crippen molar-refractivity contribution in [3.05, 3.63) is 195 Å². The van der Waals surface area contributed by atoms with Crippen LogP contribution in [0.1, 0.15) is 95.3 Å². The molecule has 0 bridgehead atoms. The molecule has 484 valence electrons. The fraction of sp³-hybridized carbons (Fsp3) is 0.329. The minimum absolute atomic E-state index is 0.0781. The van der Waals surface area contributed by atoms with E-state index in [0.717, 1.165) is 39.4 Å². The maximum absolute atomic E-state index is 14.2. The van der Waals surface area contributed by atoms with Gasteiger partial charge in [0.1, 0.15) is 56.5 Å². The molecule has 12 rings (SSSR count). The Morgan fingerprint density at radius 2 is 1.13 bits per heavy atom. The quantitative estimate of drug-likeness (QED) is 0.0369. The van der Waals surface area contributed by atoms with Gasteiger partial charge in [-0.25, -0.2) is 0 Å². The normalized spacial score (nSPS) is 20.5. The second-order valence-corrected chi connectivity index (χ2v) is 25.5. The highest BCUT2D eigenvalue weighted by molar-refractivity contribution is 7.82. The molecule has 7 atom stereocenters. The van der Waals surface area contributed by atoms with E-state index in [0.29, 0.717) is 95.4 Å². The summed E-state index contributed by atoms with van der Waals surface area (Å²) in [6.07, 6.45) is -2.73. The van der Waals surface area contributed by atoms with Gasteiger partial charge in [0, 0.05) is 60.8 Å². The van der Waals surface area contributed by atoms with Crippen LogP contribution in [-0.2, 0) is 67.4 Å². The summed E-state index contributed by atoms with van der Waals surface area (Å²) >= 11 is 0. The highest BCUT2D eigenvalue weighted by atomic mass is 32.3. The lowest BCUT2D eigenvalue weighted by atomic mass is 9.94. The molecular formula is C70H72N5O17S+. The number of carbonyl (C=O) groups is 3. The number of fused-ring (bicyclic) bond motifs is 6. The predicted octanol–water partition coefficient (Wildman–Crippen LogP) is 8.07. The van der Waals surface area contributed by atoms with Gasteiger partial charge in [0.25, 0.3) is 11.8 Å². The Morgan fingerprint density at radius 1 is 0.602 bits per heavy atom. The predicted molar refractivity (Wildman–Crippen MR) is 341 cm³/mol. The first kappa shape index (κ1) is 63.9. The van der Waals surface area contributed by atoms with Crippen LogP contribution in [-0.4, -0.2) is 151 Å². The minimum Gasteiger partial charge on any atom is -0.493 e. The summed E-state index contributed by atoms with van der Waals surface area (Å²) < 4.78 is 74.7. The molecule has 22 nitrogen and oxygen atoms in total. The number of benzene rings is 7. The molecule has 4 N–H and O–H groups in total. The lowest BCUT2D eigenvalue weighted by molar-refractivity contribution is -0.916. The molecule has 0 spiro atoms. The lowest BCUT2D eigenvalue weighted by Gasteiger charge is -2.39. The van der Waals surface area contributed by atoms with E-state index in [1.165, 1.54) is 49.6 Å². The van der Waals surface area contributed by atoms with Gasteiger partial charge in [0.05, 0.1) is 69.5 Å². The van der Waals surface area contributed by atoms with Gasteiger partial charge in [0.2, 0.25) is 6.29 Å². The largest absolute Gasteiger partial charge is 0.501 e. The van der Waals surface area contributed by atoms with Crippen molar-refractivity contribution in [1.29, 1.82) is 0 Å². The number of rotatable bonds is 22. The second kappa shape index (κ2) is 26.8. The molecule has 7 aromatic carbocycles. The van der Waals surface area contributed by atoms with Crippen molar-refractivity contribution in [2.75, 3.05) is 34.9 Å². The molecule has 5 aliphatic rings. The molecule has 0 aromatic heterocycles.